The van der Waals surface area contributed by atoms with Crippen molar-refractivity contribution in [2.45, 2.75) is 11.3 Å². The maximum Gasteiger partial charge on any atom is 0.238 e. The topological polar surface area (TPSA) is 111 Å². The van der Waals surface area contributed by atoms with Crippen LogP contribution in [0.2, 0.25) is 5.02 Å². The lowest BCUT2D eigenvalue weighted by atomic mass is 10.1. The number of nitrogens with two attached hydrogens (primary N) is 1. The van der Waals surface area contributed by atoms with Gasteiger partial charge in [-0.25, -0.2) is 22.9 Å². The van der Waals surface area contributed by atoms with Crippen LogP contribution < -0.4 is 15.2 Å². The number of benzene rings is 2. The fourth-order valence-electron chi connectivity index (χ4n) is 2.76. The van der Waals surface area contributed by atoms with Crippen LogP contribution in [0.25, 0.3) is 10.8 Å². The minimum Gasteiger partial charge on any atom is -0.481 e. The molecule has 0 spiro atoms. The number of pyridine rings is 1. The first-order valence-electron chi connectivity index (χ1n) is 7.93. The fourth-order valence-corrected chi connectivity index (χ4v) is 3.73. The Kier molecular flexibility index (Phi) is 5.50. The second-order valence-electron chi connectivity index (χ2n) is 5.87. The summed E-state index contributed by atoms with van der Waals surface area (Å²) in [6.45, 7) is 0. The van der Waals surface area contributed by atoms with Gasteiger partial charge in [-0.05, 0) is 29.8 Å². The second-order valence-corrected chi connectivity index (χ2v) is 7.78. The van der Waals surface area contributed by atoms with E-state index in [1.807, 2.05) is 0 Å². The zero-order valence-corrected chi connectivity index (χ0v) is 16.1. The van der Waals surface area contributed by atoms with Gasteiger partial charge in [0.05, 0.1) is 23.4 Å². The van der Waals surface area contributed by atoms with Crippen molar-refractivity contribution in [3.8, 4) is 5.88 Å². The molecule has 0 aliphatic heterocycles. The van der Waals surface area contributed by atoms with Crippen LogP contribution in [0.1, 0.15) is 5.56 Å². The Bertz CT molecular complexity index is 1180. The molecule has 1 aromatic heterocycles. The number of anilines is 1. The van der Waals surface area contributed by atoms with Crippen molar-refractivity contribution in [1.82, 2.24) is 4.98 Å². The third-order valence-electron chi connectivity index (χ3n) is 3.97. The minimum absolute atomic E-state index is 0.146. The van der Waals surface area contributed by atoms with Gasteiger partial charge < -0.3 is 10.1 Å². The van der Waals surface area contributed by atoms with E-state index in [1.165, 1.54) is 49.7 Å². The summed E-state index contributed by atoms with van der Waals surface area (Å²) in [5, 5.41) is 8.40. The van der Waals surface area contributed by atoms with Crippen molar-refractivity contribution in [3.05, 3.63) is 59.0 Å². The van der Waals surface area contributed by atoms with Gasteiger partial charge in [-0.2, -0.15) is 0 Å². The molecule has 0 saturated heterocycles. The number of amides is 1. The molecule has 0 atom stereocenters. The van der Waals surface area contributed by atoms with E-state index in [0.29, 0.717) is 16.3 Å². The Morgan fingerprint density at radius 3 is 2.71 bits per heavy atom. The highest BCUT2D eigenvalue weighted by atomic mass is 35.5. The third-order valence-corrected chi connectivity index (χ3v) is 5.35. The average molecular weight is 424 g/mol. The fraction of sp³-hybridized carbons (Fsp3) is 0.111. The number of fused-ring (bicyclic) bond motifs is 1. The molecule has 0 radical (unpaired) electrons. The van der Waals surface area contributed by atoms with Crippen LogP contribution in [0.4, 0.5) is 10.1 Å². The molecule has 1 heterocycles. The number of carbonyl (C=O) groups is 1. The molecule has 0 saturated carbocycles. The van der Waals surface area contributed by atoms with Gasteiger partial charge in [-0.3, -0.25) is 4.79 Å². The molecule has 0 aliphatic rings. The molecule has 0 aliphatic carbocycles. The summed E-state index contributed by atoms with van der Waals surface area (Å²) in [5.41, 5.74) is 0.464. The lowest BCUT2D eigenvalue weighted by molar-refractivity contribution is -0.115. The summed E-state index contributed by atoms with van der Waals surface area (Å²) < 4.78 is 42.7. The first kappa shape index (κ1) is 20.0. The predicted octanol–water partition coefficient (Wildman–Crippen LogP) is 2.86. The summed E-state index contributed by atoms with van der Waals surface area (Å²) in [6.07, 6.45) is 1.18. The van der Waals surface area contributed by atoms with E-state index in [9.17, 15) is 17.6 Å². The van der Waals surface area contributed by atoms with Gasteiger partial charge in [-0.15, -0.1) is 0 Å². The van der Waals surface area contributed by atoms with E-state index in [1.54, 1.807) is 0 Å². The number of ether oxygens (including phenoxy) is 1. The number of hydrogen-bond donors (Lipinski definition) is 2. The normalized spacial score (nSPS) is 11.4. The van der Waals surface area contributed by atoms with Crippen LogP contribution in [0.3, 0.4) is 0 Å². The third kappa shape index (κ3) is 4.06. The Labute approximate surface area is 165 Å². The number of hydrogen-bond acceptors (Lipinski definition) is 5. The van der Waals surface area contributed by atoms with Crippen molar-refractivity contribution in [2.24, 2.45) is 5.14 Å². The number of methoxy groups -OCH3 is 1. The smallest absolute Gasteiger partial charge is 0.238 e. The molecule has 146 valence electrons. The number of carbonyl (C=O) groups excluding carboxylic acids is 1. The molecule has 3 N–H and O–H groups in total. The van der Waals surface area contributed by atoms with Gasteiger partial charge in [0.25, 0.3) is 0 Å². The highest BCUT2D eigenvalue weighted by Crippen LogP contribution is 2.31. The van der Waals surface area contributed by atoms with Gasteiger partial charge >= 0.3 is 0 Å². The summed E-state index contributed by atoms with van der Waals surface area (Å²) in [5.74, 6) is -0.980. The molecule has 3 aromatic rings. The Morgan fingerprint density at radius 1 is 1.29 bits per heavy atom. The number of nitrogens with one attached hydrogen (secondary N) is 1. The molecule has 0 fully saturated rings. The van der Waals surface area contributed by atoms with E-state index in [0.717, 1.165) is 0 Å². The first-order chi connectivity index (χ1) is 13.2. The van der Waals surface area contributed by atoms with Crippen molar-refractivity contribution in [3.63, 3.8) is 0 Å². The van der Waals surface area contributed by atoms with Crippen LogP contribution in [0.15, 0.2) is 47.5 Å². The summed E-state index contributed by atoms with van der Waals surface area (Å²) in [6, 6.07) is 8.38. The summed E-state index contributed by atoms with van der Waals surface area (Å²) in [7, 11) is -2.70. The molecule has 3 rings (SSSR count). The minimum atomic E-state index is -4.09. The SMILES string of the molecule is COc1nccc2c(S(N)(=O)=O)cc(NC(=O)Cc3cccc(F)c3Cl)cc12. The van der Waals surface area contributed by atoms with Crippen molar-refractivity contribution in [2.75, 3.05) is 12.4 Å². The van der Waals surface area contributed by atoms with Crippen LogP contribution in [0.5, 0.6) is 5.88 Å². The summed E-state index contributed by atoms with van der Waals surface area (Å²) >= 11 is 5.87. The van der Waals surface area contributed by atoms with Gasteiger partial charge in [0.2, 0.25) is 21.8 Å². The number of halogens is 2. The van der Waals surface area contributed by atoms with E-state index in [2.05, 4.69) is 10.3 Å². The van der Waals surface area contributed by atoms with Crippen molar-refractivity contribution >= 4 is 44.0 Å². The predicted molar refractivity (Wildman–Crippen MR) is 103 cm³/mol. The van der Waals surface area contributed by atoms with Gasteiger partial charge in [0.1, 0.15) is 5.82 Å². The lowest BCUT2D eigenvalue weighted by Gasteiger charge is -2.12. The highest BCUT2D eigenvalue weighted by molar-refractivity contribution is 7.89. The number of nitrogens with zero attached hydrogens (tertiary/aromatic N) is 1. The zero-order valence-electron chi connectivity index (χ0n) is 14.6. The molecule has 0 unspecified atom stereocenters. The monoisotopic (exact) mass is 423 g/mol. The van der Waals surface area contributed by atoms with Crippen LogP contribution >= 0.6 is 11.6 Å². The molecule has 2 aromatic carbocycles. The molecular formula is C18H15ClFN3O4S. The quantitative estimate of drug-likeness (QED) is 0.655. The van der Waals surface area contributed by atoms with Crippen LogP contribution in [-0.2, 0) is 21.2 Å². The number of aromatic nitrogens is 1. The highest BCUT2D eigenvalue weighted by Gasteiger charge is 2.18. The molecule has 28 heavy (non-hydrogen) atoms. The average Bonchev–Trinajstić information content (AvgIpc) is 2.63. The maximum atomic E-state index is 13.5. The summed E-state index contributed by atoms with van der Waals surface area (Å²) in [4.78, 5) is 16.2. The van der Waals surface area contributed by atoms with Gasteiger partial charge in [0.15, 0.2) is 0 Å². The van der Waals surface area contributed by atoms with Crippen molar-refractivity contribution in [1.29, 1.82) is 0 Å². The Balaban J connectivity index is 2.01. The van der Waals surface area contributed by atoms with E-state index < -0.39 is 21.7 Å². The Morgan fingerprint density at radius 2 is 2.04 bits per heavy atom. The number of primary sulfonamides is 1. The Hall–Kier alpha value is -2.75. The molecule has 7 nitrogen and oxygen atoms in total. The second kappa shape index (κ2) is 7.70. The molecular weight excluding hydrogens is 409 g/mol. The number of sulfonamides is 1. The number of rotatable bonds is 5. The lowest BCUT2D eigenvalue weighted by Crippen LogP contribution is -2.17. The van der Waals surface area contributed by atoms with Crippen molar-refractivity contribution < 1.29 is 22.3 Å². The van der Waals surface area contributed by atoms with Crippen LogP contribution in [-0.4, -0.2) is 26.4 Å². The standard InChI is InChI=1S/C18H15ClFN3O4S/c1-27-18-13-8-11(9-15(28(21,25)26)12(13)5-6-22-18)23-16(24)7-10-3-2-4-14(20)17(10)19/h2-6,8-9H,7H2,1H3,(H,23,24)(H2,21,25,26). The molecule has 0 bridgehead atoms. The van der Waals surface area contributed by atoms with E-state index >= 15 is 0 Å². The first-order valence-corrected chi connectivity index (χ1v) is 9.85. The van der Waals surface area contributed by atoms with E-state index in [4.69, 9.17) is 21.5 Å². The van der Waals surface area contributed by atoms with Gasteiger partial charge in [-0.1, -0.05) is 23.7 Å². The zero-order chi connectivity index (χ0) is 20.5. The largest absolute Gasteiger partial charge is 0.481 e. The van der Waals surface area contributed by atoms with Gasteiger partial charge in [0, 0.05) is 22.7 Å². The molecule has 1 amide bonds. The molecule has 10 heteroatoms. The van der Waals surface area contributed by atoms with Crippen LogP contribution in [0, 0.1) is 5.82 Å². The van der Waals surface area contributed by atoms with E-state index in [-0.39, 0.29) is 27.9 Å². The maximum absolute atomic E-state index is 13.5.